The van der Waals surface area contributed by atoms with Crippen molar-refractivity contribution in [2.75, 3.05) is 7.05 Å². The van der Waals surface area contributed by atoms with E-state index in [0.717, 1.165) is 0 Å². The van der Waals surface area contributed by atoms with Crippen molar-refractivity contribution in [3.05, 3.63) is 0 Å². The summed E-state index contributed by atoms with van der Waals surface area (Å²) < 4.78 is 22.1. The van der Waals surface area contributed by atoms with E-state index in [1.54, 1.807) is 0 Å². The van der Waals surface area contributed by atoms with Gasteiger partial charge in [-0.1, -0.05) is 13.8 Å². The molecule has 0 heterocycles. The van der Waals surface area contributed by atoms with Gasteiger partial charge in [-0.05, 0) is 19.4 Å². The van der Waals surface area contributed by atoms with Gasteiger partial charge in [0, 0.05) is 5.37 Å². The zero-order valence-electron chi connectivity index (χ0n) is 6.63. The molecule has 0 saturated carbocycles. The SMILES string of the molecule is CNS(=O)(O)=CCC(C)C. The van der Waals surface area contributed by atoms with Crippen molar-refractivity contribution in [1.29, 1.82) is 0 Å². The molecule has 0 aromatic rings. The van der Waals surface area contributed by atoms with Crippen LogP contribution in [0.25, 0.3) is 0 Å². The zero-order chi connectivity index (χ0) is 8.20. The molecule has 0 radical (unpaired) electrons. The first-order valence-electron chi connectivity index (χ1n) is 3.26. The van der Waals surface area contributed by atoms with E-state index in [0.29, 0.717) is 12.3 Å². The Labute approximate surface area is 62.8 Å². The molecule has 1 atom stereocenters. The van der Waals surface area contributed by atoms with Crippen LogP contribution >= 0.6 is 0 Å². The minimum Gasteiger partial charge on any atom is -0.302 e. The van der Waals surface area contributed by atoms with Crippen LogP contribution in [0.3, 0.4) is 0 Å². The maximum absolute atomic E-state index is 10.8. The van der Waals surface area contributed by atoms with Crippen LogP contribution in [0.1, 0.15) is 20.3 Å². The Balaban J connectivity index is 4.04. The molecule has 0 amide bonds. The Morgan fingerprint density at radius 1 is 1.70 bits per heavy atom. The molecular weight excluding hydrogens is 150 g/mol. The van der Waals surface area contributed by atoms with Gasteiger partial charge in [-0.25, -0.2) is 8.93 Å². The van der Waals surface area contributed by atoms with Gasteiger partial charge in [-0.15, -0.1) is 0 Å². The van der Waals surface area contributed by atoms with E-state index >= 15 is 0 Å². The van der Waals surface area contributed by atoms with E-state index in [2.05, 4.69) is 4.72 Å². The van der Waals surface area contributed by atoms with Crippen LogP contribution in [0, 0.1) is 5.92 Å². The van der Waals surface area contributed by atoms with Gasteiger partial charge in [-0.2, -0.15) is 0 Å². The van der Waals surface area contributed by atoms with Gasteiger partial charge in [-0.3, -0.25) is 0 Å². The van der Waals surface area contributed by atoms with Gasteiger partial charge < -0.3 is 4.55 Å². The average molecular weight is 165 g/mol. The summed E-state index contributed by atoms with van der Waals surface area (Å²) in [5.41, 5.74) is 0. The smallest absolute Gasteiger partial charge is 0.141 e. The Morgan fingerprint density at radius 3 is 2.50 bits per heavy atom. The second-order valence-electron chi connectivity index (χ2n) is 2.57. The molecule has 0 aliphatic carbocycles. The van der Waals surface area contributed by atoms with E-state index in [1.807, 2.05) is 13.8 Å². The highest BCUT2D eigenvalue weighted by Gasteiger charge is 1.96. The molecule has 0 fully saturated rings. The molecule has 0 aliphatic heterocycles. The van der Waals surface area contributed by atoms with E-state index in [4.69, 9.17) is 4.55 Å². The van der Waals surface area contributed by atoms with Crippen molar-refractivity contribution in [2.45, 2.75) is 20.3 Å². The summed E-state index contributed by atoms with van der Waals surface area (Å²) in [4.78, 5) is 0. The van der Waals surface area contributed by atoms with Gasteiger partial charge in [0.2, 0.25) is 0 Å². The van der Waals surface area contributed by atoms with E-state index < -0.39 is 9.99 Å². The van der Waals surface area contributed by atoms with Crippen LogP contribution in [0.4, 0.5) is 0 Å². The van der Waals surface area contributed by atoms with E-state index in [1.165, 1.54) is 12.4 Å². The fourth-order valence-electron chi connectivity index (χ4n) is 0.406. The first-order chi connectivity index (χ1) is 4.48. The molecule has 4 heteroatoms. The minimum absolute atomic E-state index is 0.432. The number of nitrogens with one attached hydrogen (secondary N) is 1. The maximum atomic E-state index is 10.8. The molecule has 0 aromatic heterocycles. The third-order valence-corrected chi connectivity index (χ3v) is 2.32. The molecule has 62 valence electrons. The predicted octanol–water partition coefficient (Wildman–Crippen LogP) is 0.726. The Hall–Kier alpha value is -0.0600. The second kappa shape index (κ2) is 3.95. The highest BCUT2D eigenvalue weighted by Crippen LogP contribution is 1.95. The van der Waals surface area contributed by atoms with Crippen molar-refractivity contribution in [1.82, 2.24) is 4.72 Å². The fourth-order valence-corrected chi connectivity index (χ4v) is 1.22. The summed E-state index contributed by atoms with van der Waals surface area (Å²) in [6.07, 6.45) is 0.663. The van der Waals surface area contributed by atoms with Crippen molar-refractivity contribution < 1.29 is 8.76 Å². The van der Waals surface area contributed by atoms with Crippen LogP contribution in [0.5, 0.6) is 0 Å². The van der Waals surface area contributed by atoms with Crippen LogP contribution in [-0.2, 0) is 9.99 Å². The molecule has 0 aliphatic rings. The molecular formula is C6H15NO2S. The maximum Gasteiger partial charge on any atom is 0.141 e. The zero-order valence-corrected chi connectivity index (χ0v) is 7.44. The van der Waals surface area contributed by atoms with E-state index in [-0.39, 0.29) is 0 Å². The Morgan fingerprint density at radius 2 is 2.20 bits per heavy atom. The highest BCUT2D eigenvalue weighted by molar-refractivity contribution is 7.94. The molecule has 0 rings (SSSR count). The van der Waals surface area contributed by atoms with Crippen molar-refractivity contribution in [2.24, 2.45) is 5.92 Å². The van der Waals surface area contributed by atoms with E-state index in [9.17, 15) is 4.21 Å². The highest BCUT2D eigenvalue weighted by atomic mass is 32.2. The molecule has 0 spiro atoms. The monoisotopic (exact) mass is 165 g/mol. The Kier molecular flexibility index (Phi) is 3.93. The molecule has 10 heavy (non-hydrogen) atoms. The summed E-state index contributed by atoms with van der Waals surface area (Å²) >= 11 is 0. The molecule has 0 bridgehead atoms. The fraction of sp³-hybridized carbons (Fsp3) is 0.833. The molecule has 3 nitrogen and oxygen atoms in total. The van der Waals surface area contributed by atoms with Crippen molar-refractivity contribution in [3.63, 3.8) is 0 Å². The lowest BCUT2D eigenvalue weighted by atomic mass is 10.2. The van der Waals surface area contributed by atoms with Crippen molar-refractivity contribution >= 4 is 15.4 Å². The summed E-state index contributed by atoms with van der Waals surface area (Å²) in [5, 5.41) is 1.41. The summed E-state index contributed by atoms with van der Waals surface area (Å²) in [7, 11) is -1.37. The lowest BCUT2D eigenvalue weighted by Crippen LogP contribution is -2.20. The lowest BCUT2D eigenvalue weighted by Gasteiger charge is -2.01. The molecule has 0 saturated heterocycles. The first kappa shape index (κ1) is 9.94. The topological polar surface area (TPSA) is 49.3 Å². The minimum atomic E-state index is -2.84. The summed E-state index contributed by atoms with van der Waals surface area (Å²) in [6.45, 7) is 4.00. The van der Waals surface area contributed by atoms with Gasteiger partial charge in [0.05, 0.1) is 0 Å². The second-order valence-corrected chi connectivity index (χ2v) is 4.45. The summed E-state index contributed by atoms with van der Waals surface area (Å²) in [5.74, 6) is 0.432. The van der Waals surface area contributed by atoms with Crippen LogP contribution in [-0.4, -0.2) is 21.2 Å². The predicted molar refractivity (Wildman–Crippen MR) is 45.3 cm³/mol. The quantitative estimate of drug-likeness (QED) is 0.606. The number of rotatable bonds is 3. The third kappa shape index (κ3) is 4.78. The van der Waals surface area contributed by atoms with Gasteiger partial charge in [0.25, 0.3) is 0 Å². The molecule has 2 N–H and O–H groups in total. The standard InChI is InChI=1S/C6H15NO2S/c1-6(2)4-5-10(8,9)7-3/h5-6H,4H2,1-3H3,(H2,7,8,9). The normalized spacial score (nSPS) is 16.9. The van der Waals surface area contributed by atoms with Gasteiger partial charge >= 0.3 is 0 Å². The van der Waals surface area contributed by atoms with Crippen LogP contribution in [0.15, 0.2) is 0 Å². The van der Waals surface area contributed by atoms with Crippen LogP contribution < -0.4 is 4.72 Å². The van der Waals surface area contributed by atoms with Crippen LogP contribution in [0.2, 0.25) is 0 Å². The average Bonchev–Trinajstić information content (AvgIpc) is 1.85. The summed E-state index contributed by atoms with van der Waals surface area (Å²) in [6, 6.07) is 0. The third-order valence-electron chi connectivity index (χ3n) is 1.09. The number of hydrogen-bond acceptors (Lipinski definition) is 1. The first-order valence-corrected chi connectivity index (χ1v) is 4.84. The Bertz CT molecular complexity index is 192. The van der Waals surface area contributed by atoms with Gasteiger partial charge in [0.15, 0.2) is 0 Å². The van der Waals surface area contributed by atoms with Crippen molar-refractivity contribution in [3.8, 4) is 0 Å². The van der Waals surface area contributed by atoms with Gasteiger partial charge in [0.1, 0.15) is 9.99 Å². The largest absolute Gasteiger partial charge is 0.302 e. The lowest BCUT2D eigenvalue weighted by molar-refractivity contribution is 0.549. The molecule has 0 aromatic carbocycles. The number of hydrogen-bond donors (Lipinski definition) is 2. The molecule has 1 unspecified atom stereocenters.